The lowest BCUT2D eigenvalue weighted by Crippen LogP contribution is -2.32. The summed E-state index contributed by atoms with van der Waals surface area (Å²) in [5.41, 5.74) is 0.705. The fourth-order valence-corrected chi connectivity index (χ4v) is 3.43. The van der Waals surface area contributed by atoms with E-state index in [0.717, 1.165) is 19.4 Å². The third-order valence-electron chi connectivity index (χ3n) is 3.87. The number of anilines is 1. The Morgan fingerprint density at radius 3 is 2.90 bits per heavy atom. The number of hydrogen-bond acceptors (Lipinski definition) is 6. The van der Waals surface area contributed by atoms with Crippen LogP contribution in [0.25, 0.3) is 10.9 Å². The number of aliphatic hydroxyl groups excluding tert-OH is 1. The first kappa shape index (κ1) is 14.2. The summed E-state index contributed by atoms with van der Waals surface area (Å²) in [7, 11) is -3.28. The van der Waals surface area contributed by atoms with Gasteiger partial charge in [-0.3, -0.25) is 0 Å². The maximum atomic E-state index is 11.7. The lowest BCUT2D eigenvalue weighted by Gasteiger charge is -2.25. The van der Waals surface area contributed by atoms with Gasteiger partial charge >= 0.3 is 0 Å². The van der Waals surface area contributed by atoms with Crippen LogP contribution in [0, 0.1) is 0 Å². The van der Waals surface area contributed by atoms with Gasteiger partial charge in [0.25, 0.3) is 0 Å². The van der Waals surface area contributed by atoms with Crippen molar-refractivity contribution in [3.8, 4) is 0 Å². The van der Waals surface area contributed by atoms with Crippen molar-refractivity contribution in [3.05, 3.63) is 24.5 Å². The zero-order chi connectivity index (χ0) is 15.0. The molecular weight excluding hydrogens is 290 g/mol. The normalized spacial score (nSPS) is 19.3. The monoisotopic (exact) mass is 307 g/mol. The maximum absolute atomic E-state index is 11.7. The summed E-state index contributed by atoms with van der Waals surface area (Å²) in [5.74, 6) is 0.696. The molecule has 3 rings (SSSR count). The predicted octanol–water partition coefficient (Wildman–Crippen LogP) is 0.994. The lowest BCUT2D eigenvalue weighted by molar-refractivity contribution is 0.266. The molecule has 0 unspecified atom stereocenters. The van der Waals surface area contributed by atoms with Crippen LogP contribution in [0.3, 0.4) is 0 Å². The standard InChI is InChI=1S/C14H17N3O3S/c1-21(19,20)11-4-5-13-12(7-11)14(16-9-15-13)17-6-2-3-10(17)8-18/h4-5,7,9-10,18H,2-3,6,8H2,1H3/t10-/m1/s1. The largest absolute Gasteiger partial charge is 0.394 e. The summed E-state index contributed by atoms with van der Waals surface area (Å²) < 4.78 is 23.5. The van der Waals surface area contributed by atoms with Crippen LogP contribution in [0.2, 0.25) is 0 Å². The van der Waals surface area contributed by atoms with Gasteiger partial charge in [0.2, 0.25) is 0 Å². The highest BCUT2D eigenvalue weighted by molar-refractivity contribution is 7.90. The molecule has 7 heteroatoms. The Bertz CT molecular complexity index is 776. The first-order valence-corrected chi connectivity index (χ1v) is 8.72. The Labute approximate surface area is 123 Å². The van der Waals surface area contributed by atoms with E-state index in [9.17, 15) is 13.5 Å². The van der Waals surface area contributed by atoms with E-state index in [1.165, 1.54) is 12.6 Å². The molecule has 1 aliphatic heterocycles. The third kappa shape index (κ3) is 2.58. The van der Waals surface area contributed by atoms with E-state index in [4.69, 9.17) is 0 Å². The fourth-order valence-electron chi connectivity index (χ4n) is 2.79. The minimum absolute atomic E-state index is 0.0324. The first-order chi connectivity index (χ1) is 10.0. The van der Waals surface area contributed by atoms with E-state index in [1.54, 1.807) is 18.2 Å². The fraction of sp³-hybridized carbons (Fsp3) is 0.429. The highest BCUT2D eigenvalue weighted by Crippen LogP contribution is 2.30. The summed E-state index contributed by atoms with van der Waals surface area (Å²) in [4.78, 5) is 10.8. The molecule has 1 aromatic heterocycles. The highest BCUT2D eigenvalue weighted by Gasteiger charge is 2.26. The molecule has 21 heavy (non-hydrogen) atoms. The van der Waals surface area contributed by atoms with E-state index >= 15 is 0 Å². The van der Waals surface area contributed by atoms with Crippen LogP contribution < -0.4 is 4.90 Å². The Morgan fingerprint density at radius 2 is 2.19 bits per heavy atom. The summed E-state index contributed by atoms with van der Waals surface area (Å²) in [6.45, 7) is 0.873. The van der Waals surface area contributed by atoms with E-state index in [0.29, 0.717) is 16.7 Å². The lowest BCUT2D eigenvalue weighted by atomic mass is 10.2. The summed E-state index contributed by atoms with van der Waals surface area (Å²) in [5, 5.41) is 10.2. The molecule has 1 fully saturated rings. The number of nitrogens with zero attached hydrogens (tertiary/aromatic N) is 3. The van der Waals surface area contributed by atoms with Crippen LogP contribution in [0.5, 0.6) is 0 Å². The number of sulfone groups is 1. The van der Waals surface area contributed by atoms with Crippen molar-refractivity contribution >= 4 is 26.6 Å². The second-order valence-corrected chi connectivity index (χ2v) is 7.34. The maximum Gasteiger partial charge on any atom is 0.175 e. The van der Waals surface area contributed by atoms with Gasteiger partial charge in [0, 0.05) is 18.2 Å². The zero-order valence-electron chi connectivity index (χ0n) is 11.7. The van der Waals surface area contributed by atoms with Gasteiger partial charge in [-0.1, -0.05) is 0 Å². The van der Waals surface area contributed by atoms with Crippen molar-refractivity contribution in [2.24, 2.45) is 0 Å². The number of aromatic nitrogens is 2. The molecule has 1 N–H and O–H groups in total. The van der Waals surface area contributed by atoms with Crippen LogP contribution in [0.4, 0.5) is 5.82 Å². The van der Waals surface area contributed by atoms with E-state index in [1.807, 2.05) is 4.90 Å². The summed E-state index contributed by atoms with van der Waals surface area (Å²) in [6, 6.07) is 4.90. The Morgan fingerprint density at radius 1 is 1.38 bits per heavy atom. The van der Waals surface area contributed by atoms with Crippen molar-refractivity contribution < 1.29 is 13.5 Å². The van der Waals surface area contributed by atoms with Gasteiger partial charge in [-0.15, -0.1) is 0 Å². The topological polar surface area (TPSA) is 83.4 Å². The molecule has 0 bridgehead atoms. The molecule has 0 spiro atoms. The van der Waals surface area contributed by atoms with Gasteiger partial charge in [0.15, 0.2) is 9.84 Å². The molecule has 2 aromatic rings. The van der Waals surface area contributed by atoms with Gasteiger partial charge in [0.1, 0.15) is 12.1 Å². The number of fused-ring (bicyclic) bond motifs is 1. The Balaban J connectivity index is 2.18. The van der Waals surface area contributed by atoms with Gasteiger partial charge in [-0.25, -0.2) is 18.4 Å². The average Bonchev–Trinajstić information content (AvgIpc) is 2.93. The number of benzene rings is 1. The van der Waals surface area contributed by atoms with E-state index < -0.39 is 9.84 Å². The zero-order valence-corrected chi connectivity index (χ0v) is 12.5. The second-order valence-electron chi connectivity index (χ2n) is 5.32. The van der Waals surface area contributed by atoms with Crippen LogP contribution in [-0.2, 0) is 9.84 Å². The van der Waals surface area contributed by atoms with Crippen molar-refractivity contribution in [1.29, 1.82) is 0 Å². The molecule has 112 valence electrons. The Hall–Kier alpha value is -1.73. The van der Waals surface area contributed by atoms with E-state index in [-0.39, 0.29) is 17.5 Å². The highest BCUT2D eigenvalue weighted by atomic mass is 32.2. The SMILES string of the molecule is CS(=O)(=O)c1ccc2ncnc(N3CCC[C@@H]3CO)c2c1. The van der Waals surface area contributed by atoms with Crippen molar-refractivity contribution in [2.45, 2.75) is 23.8 Å². The van der Waals surface area contributed by atoms with Gasteiger partial charge in [-0.2, -0.15) is 0 Å². The molecule has 6 nitrogen and oxygen atoms in total. The first-order valence-electron chi connectivity index (χ1n) is 6.83. The minimum Gasteiger partial charge on any atom is -0.394 e. The van der Waals surface area contributed by atoms with E-state index in [2.05, 4.69) is 9.97 Å². The molecule has 2 heterocycles. The molecule has 1 aliphatic rings. The van der Waals surface area contributed by atoms with Gasteiger partial charge < -0.3 is 10.0 Å². The smallest absolute Gasteiger partial charge is 0.175 e. The number of aliphatic hydroxyl groups is 1. The van der Waals surface area contributed by atoms with Crippen molar-refractivity contribution in [1.82, 2.24) is 9.97 Å². The van der Waals surface area contributed by atoms with Gasteiger partial charge in [-0.05, 0) is 31.0 Å². The number of rotatable bonds is 3. The van der Waals surface area contributed by atoms with Crippen LogP contribution in [0.1, 0.15) is 12.8 Å². The molecule has 1 aromatic carbocycles. The van der Waals surface area contributed by atoms with Gasteiger partial charge in [0.05, 0.1) is 23.1 Å². The quantitative estimate of drug-likeness (QED) is 0.910. The second kappa shape index (κ2) is 5.23. The molecule has 1 atom stereocenters. The van der Waals surface area contributed by atoms with Crippen LogP contribution in [0.15, 0.2) is 29.4 Å². The van der Waals surface area contributed by atoms with Crippen molar-refractivity contribution in [3.63, 3.8) is 0 Å². The summed E-state index contributed by atoms with van der Waals surface area (Å²) in [6.07, 6.45) is 4.56. The molecule has 1 saturated heterocycles. The van der Waals surface area contributed by atoms with Crippen LogP contribution >= 0.6 is 0 Å². The summed E-state index contributed by atoms with van der Waals surface area (Å²) >= 11 is 0. The molecule has 0 aliphatic carbocycles. The third-order valence-corrected chi connectivity index (χ3v) is 4.98. The van der Waals surface area contributed by atoms with Crippen LogP contribution in [-0.4, -0.2) is 48.9 Å². The molecule has 0 radical (unpaired) electrons. The Kier molecular flexibility index (Phi) is 3.54. The minimum atomic E-state index is -3.28. The molecule has 0 amide bonds. The molecular formula is C14H17N3O3S. The van der Waals surface area contributed by atoms with Crippen molar-refractivity contribution in [2.75, 3.05) is 24.3 Å². The average molecular weight is 307 g/mol. The predicted molar refractivity (Wildman–Crippen MR) is 80.1 cm³/mol. The number of hydrogen-bond donors (Lipinski definition) is 1. The molecule has 0 saturated carbocycles.